The standard InChI is InChI=1S/C74H50N6S6Si2/c1-5-13-51(14-6-1)87(52-15-7-2-8-16-52)67-29-21-47(41-55(67)57-43-49(23-31-69(57)87)79-59(71-75-33-37-81-71)25-26-60(79)72-76-34-38-82-72)63-45-65-66(85-63)46-64(86-65)48-22-30-68-56(42-48)58-44-50(80-61(73-77-35-39-83-73)27-28-62(80)74-78-36-40-84-74)24-32-70(58)88(68,53-17-9-3-10-18-53)54-19-11-4-12-20-54/h1-23,25-31,33-46,65-66H,24,32H2. The third-order valence-corrected chi connectivity index (χ3v) is 34.3. The lowest BCUT2D eigenvalue weighted by Gasteiger charge is -2.34. The molecule has 88 heavy (non-hydrogen) atoms. The molecule has 2 unspecified atom stereocenters. The van der Waals surface area contributed by atoms with Crippen molar-refractivity contribution >= 4 is 142 Å². The van der Waals surface area contributed by atoms with Gasteiger partial charge in [0, 0.05) is 78.0 Å². The Morgan fingerprint density at radius 3 is 1.22 bits per heavy atom. The molecule has 14 heteroatoms. The van der Waals surface area contributed by atoms with Crippen LogP contribution in [-0.4, -0.2) is 55.7 Å². The first kappa shape index (κ1) is 52.8. The Balaban J connectivity index is 0.738. The fourth-order valence-electron chi connectivity index (χ4n) is 14.8. The average molecular weight is 1270 g/mol. The minimum Gasteiger partial charge on any atom is -0.308 e. The van der Waals surface area contributed by atoms with E-state index in [4.69, 9.17) is 19.9 Å². The minimum atomic E-state index is -2.79. The van der Waals surface area contributed by atoms with E-state index in [2.05, 4.69) is 249 Å². The molecule has 0 spiro atoms. The molecule has 0 amide bonds. The number of hydrogen-bond acceptors (Lipinski definition) is 10. The lowest BCUT2D eigenvalue weighted by atomic mass is 9.96. The van der Waals surface area contributed by atoms with Crippen molar-refractivity contribution in [2.24, 2.45) is 0 Å². The van der Waals surface area contributed by atoms with Crippen molar-refractivity contribution in [1.82, 2.24) is 29.1 Å². The smallest absolute Gasteiger partial charge is 0.180 e. The fourth-order valence-corrected chi connectivity index (χ4v) is 30.9. The molecular formula is C74H50N6S6Si2. The molecule has 2 atom stereocenters. The van der Waals surface area contributed by atoms with E-state index in [0.29, 0.717) is 10.5 Å². The average Bonchev–Trinajstić information content (AvgIpc) is 1.75. The number of thiazole rings is 4. The first-order valence-corrected chi connectivity index (χ1v) is 38.8. The van der Waals surface area contributed by atoms with Crippen molar-refractivity contribution in [2.45, 2.75) is 23.3 Å². The van der Waals surface area contributed by atoms with Gasteiger partial charge in [-0.25, -0.2) is 19.9 Å². The van der Waals surface area contributed by atoms with E-state index in [9.17, 15) is 0 Å². The summed E-state index contributed by atoms with van der Waals surface area (Å²) in [5.41, 5.74) is 14.7. The van der Waals surface area contributed by atoms with Crippen molar-refractivity contribution in [3.8, 4) is 59.6 Å². The van der Waals surface area contributed by atoms with Crippen LogP contribution in [0.4, 0.5) is 0 Å². The van der Waals surface area contributed by atoms with Gasteiger partial charge in [-0.15, -0.1) is 68.9 Å². The summed E-state index contributed by atoms with van der Waals surface area (Å²) in [6.07, 6.45) is 17.2. The van der Waals surface area contributed by atoms with Crippen LogP contribution >= 0.6 is 68.9 Å². The van der Waals surface area contributed by atoms with Gasteiger partial charge in [-0.1, -0.05) is 169 Å². The molecule has 4 aliphatic heterocycles. The van der Waals surface area contributed by atoms with Gasteiger partial charge in [-0.3, -0.25) is 0 Å². The van der Waals surface area contributed by atoms with E-state index in [1.807, 2.05) is 48.3 Å². The van der Waals surface area contributed by atoms with Crippen LogP contribution in [-0.2, 0) is 0 Å². The highest BCUT2D eigenvalue weighted by atomic mass is 32.2. The van der Waals surface area contributed by atoms with Gasteiger partial charge in [-0.05, 0) is 137 Å². The summed E-state index contributed by atoms with van der Waals surface area (Å²) in [6, 6.07) is 76.8. The summed E-state index contributed by atoms with van der Waals surface area (Å²) in [6.45, 7) is 0. The molecule has 10 heterocycles. The van der Waals surface area contributed by atoms with Gasteiger partial charge >= 0.3 is 0 Å². The maximum atomic E-state index is 4.85. The highest BCUT2D eigenvalue weighted by Gasteiger charge is 2.52. The Labute approximate surface area is 536 Å². The van der Waals surface area contributed by atoms with Crippen LogP contribution in [0, 0.1) is 0 Å². The lowest BCUT2D eigenvalue weighted by Crippen LogP contribution is -2.72. The molecular weight excluding hydrogens is 1220 g/mol. The number of aromatic nitrogens is 6. The molecule has 0 fully saturated rings. The van der Waals surface area contributed by atoms with Gasteiger partial charge in [0.1, 0.15) is 20.0 Å². The Bertz CT molecular complexity index is 4790. The van der Waals surface area contributed by atoms with Crippen LogP contribution in [0.2, 0.25) is 0 Å². The molecule has 6 aromatic heterocycles. The molecule has 0 saturated heterocycles. The molecule has 7 aromatic carbocycles. The van der Waals surface area contributed by atoms with E-state index in [1.54, 1.807) is 50.5 Å². The Kier molecular flexibility index (Phi) is 12.7. The second kappa shape index (κ2) is 21.2. The van der Waals surface area contributed by atoms with Gasteiger partial charge < -0.3 is 9.13 Å². The molecule has 0 saturated carbocycles. The van der Waals surface area contributed by atoms with Crippen LogP contribution in [0.5, 0.6) is 0 Å². The summed E-state index contributed by atoms with van der Waals surface area (Å²) in [5, 5.41) is 24.5. The summed E-state index contributed by atoms with van der Waals surface area (Å²) in [5.74, 6) is 0. The monoisotopic (exact) mass is 1270 g/mol. The maximum Gasteiger partial charge on any atom is 0.180 e. The first-order valence-electron chi connectivity index (χ1n) is 29.5. The summed E-state index contributed by atoms with van der Waals surface area (Å²) < 4.78 is 4.83. The van der Waals surface area contributed by atoms with E-state index in [0.717, 1.165) is 61.3 Å². The van der Waals surface area contributed by atoms with Gasteiger partial charge in [0.05, 0.1) is 22.8 Å². The molecule has 0 bridgehead atoms. The van der Waals surface area contributed by atoms with Gasteiger partial charge in [0.15, 0.2) is 16.1 Å². The minimum absolute atomic E-state index is 0.306. The molecule has 5 aliphatic rings. The Morgan fingerprint density at radius 2 is 0.773 bits per heavy atom. The van der Waals surface area contributed by atoms with E-state index >= 15 is 0 Å². The zero-order valence-corrected chi connectivity index (χ0v) is 54.0. The number of nitrogens with zero attached hydrogens (tertiary/aromatic N) is 6. The predicted octanol–water partition coefficient (Wildman–Crippen LogP) is 14.9. The molecule has 6 nitrogen and oxygen atoms in total. The van der Waals surface area contributed by atoms with Crippen LogP contribution in [0.1, 0.15) is 29.5 Å². The van der Waals surface area contributed by atoms with Crippen molar-refractivity contribution < 1.29 is 0 Å². The van der Waals surface area contributed by atoms with Crippen LogP contribution in [0.3, 0.4) is 0 Å². The lowest BCUT2D eigenvalue weighted by molar-refractivity contribution is 0.943. The van der Waals surface area contributed by atoms with Gasteiger partial charge in [-0.2, -0.15) is 0 Å². The quantitative estimate of drug-likeness (QED) is 0.114. The second-order valence-electron chi connectivity index (χ2n) is 22.7. The van der Waals surface area contributed by atoms with E-state index in [1.165, 1.54) is 85.2 Å². The van der Waals surface area contributed by atoms with Crippen molar-refractivity contribution in [1.29, 1.82) is 0 Å². The van der Waals surface area contributed by atoms with Crippen molar-refractivity contribution in [2.75, 3.05) is 0 Å². The molecule has 18 rings (SSSR count). The van der Waals surface area contributed by atoms with Crippen molar-refractivity contribution in [3.05, 3.63) is 287 Å². The number of rotatable bonds is 12. The number of fused-ring (bicyclic) bond motifs is 6. The number of benzene rings is 7. The third-order valence-electron chi connectivity index (χ3n) is 18.3. The zero-order valence-electron chi connectivity index (χ0n) is 47.1. The van der Waals surface area contributed by atoms with Crippen LogP contribution in [0.25, 0.3) is 80.7 Å². The normalized spacial score (nSPS) is 17.5. The summed E-state index contributed by atoms with van der Waals surface area (Å²) in [4.78, 5) is 22.1. The van der Waals surface area contributed by atoms with E-state index in [-0.39, 0.29) is 0 Å². The van der Waals surface area contributed by atoms with Gasteiger partial charge in [0.2, 0.25) is 0 Å². The maximum absolute atomic E-state index is 4.85. The fraction of sp³-hybridized carbons (Fsp3) is 0.0541. The summed E-state index contributed by atoms with van der Waals surface area (Å²) in [7, 11) is -5.50. The highest BCUT2D eigenvalue weighted by Crippen LogP contribution is 2.55. The SMILES string of the molecule is C1=C(c2ccc3c(c2)C2=C(CCC(n4c(-c5nccs5)ccc4-c4nccs4)=C2)[Si]3(c2ccccc2)c2ccccc2)SC2C=C(c3ccc4c(c3)-c3cc(-n5c(-c6nccs6)ccc5-c5nccs5)ccc3[Si]4(c3ccccc3)c3ccccc3)SC12. The number of thioether (sulfide) groups is 2. The van der Waals surface area contributed by atoms with Crippen LogP contribution < -0.4 is 36.3 Å². The molecule has 420 valence electrons. The number of hydrogen-bond donors (Lipinski definition) is 0. The zero-order chi connectivity index (χ0) is 57.9. The Morgan fingerprint density at radius 1 is 0.375 bits per heavy atom. The topological polar surface area (TPSA) is 61.4 Å². The number of allylic oxidation sites excluding steroid dienone is 4. The van der Waals surface area contributed by atoms with Crippen molar-refractivity contribution in [3.63, 3.8) is 0 Å². The Hall–Kier alpha value is -8.29. The highest BCUT2D eigenvalue weighted by molar-refractivity contribution is 8.14. The summed E-state index contributed by atoms with van der Waals surface area (Å²) >= 11 is 10.8. The van der Waals surface area contributed by atoms with Gasteiger partial charge in [0.25, 0.3) is 0 Å². The second-order valence-corrected chi connectivity index (χ2v) is 36.2. The van der Waals surface area contributed by atoms with E-state index < -0.39 is 16.1 Å². The molecule has 0 radical (unpaired) electrons. The van der Waals surface area contributed by atoms with Crippen LogP contribution in [0.15, 0.2) is 270 Å². The molecule has 13 aromatic rings. The molecule has 1 aliphatic carbocycles. The first-order chi connectivity index (χ1) is 43.6. The third kappa shape index (κ3) is 8.09. The largest absolute Gasteiger partial charge is 0.308 e. The predicted molar refractivity (Wildman–Crippen MR) is 380 cm³/mol. The molecule has 0 N–H and O–H groups in total.